The molecule has 1 unspecified atom stereocenters. The van der Waals surface area contributed by atoms with Crippen molar-refractivity contribution >= 4 is 5.97 Å². The topological polar surface area (TPSA) is 79.2 Å². The van der Waals surface area contributed by atoms with E-state index in [9.17, 15) is 15.0 Å². The number of carbonyl (C=O) groups excluding carboxylic acids is 1. The van der Waals surface area contributed by atoms with Crippen molar-refractivity contribution in [3.05, 3.63) is 59.2 Å². The first-order valence-corrected chi connectivity index (χ1v) is 13.2. The zero-order valence-electron chi connectivity index (χ0n) is 20.0. The van der Waals surface area contributed by atoms with Gasteiger partial charge in [0.25, 0.3) is 0 Å². The number of likely N-dealkylation sites (tertiary alicyclic amines) is 1. The maximum Gasteiger partial charge on any atom is 0.306 e. The van der Waals surface area contributed by atoms with E-state index in [1.807, 2.05) is 36.4 Å². The van der Waals surface area contributed by atoms with Crippen LogP contribution in [0.25, 0.3) is 0 Å². The van der Waals surface area contributed by atoms with Gasteiger partial charge in [-0.05, 0) is 74.6 Å². The van der Waals surface area contributed by atoms with E-state index in [0.29, 0.717) is 31.4 Å². The second-order valence-corrected chi connectivity index (χ2v) is 11.3. The van der Waals surface area contributed by atoms with Gasteiger partial charge in [-0.25, -0.2) is 0 Å². The molecule has 0 radical (unpaired) electrons. The van der Waals surface area contributed by atoms with Gasteiger partial charge in [0.1, 0.15) is 11.7 Å². The van der Waals surface area contributed by atoms with Crippen molar-refractivity contribution in [1.29, 1.82) is 0 Å². The first-order valence-electron chi connectivity index (χ1n) is 13.2. The van der Waals surface area contributed by atoms with Crippen molar-refractivity contribution in [2.24, 2.45) is 5.92 Å². The molecule has 5 atom stereocenters. The SMILES string of the molecule is O=C(CCc1ccccc1)O[C@@]12CC[C@@H](O)[C@@H]3Oc4c(O)ccc5c4[C@@]31CCN(CC1CC1)C2C5. The molecule has 1 spiro atoms. The zero-order valence-corrected chi connectivity index (χ0v) is 20.0. The molecule has 2 aromatic carbocycles. The van der Waals surface area contributed by atoms with Crippen LogP contribution in [0.2, 0.25) is 0 Å². The van der Waals surface area contributed by atoms with E-state index in [1.165, 1.54) is 12.8 Å². The lowest BCUT2D eigenvalue weighted by Gasteiger charge is -2.64. The number of aromatic hydroxyl groups is 1. The van der Waals surface area contributed by atoms with Crippen molar-refractivity contribution in [2.45, 2.75) is 80.6 Å². The second-order valence-electron chi connectivity index (χ2n) is 11.3. The lowest BCUT2D eigenvalue weighted by molar-refractivity contribution is -0.230. The summed E-state index contributed by atoms with van der Waals surface area (Å²) >= 11 is 0. The van der Waals surface area contributed by atoms with Crippen LogP contribution >= 0.6 is 0 Å². The number of esters is 1. The number of benzene rings is 2. The number of rotatable bonds is 6. The highest BCUT2D eigenvalue weighted by Crippen LogP contribution is 2.66. The molecule has 2 aromatic rings. The average Bonchev–Trinajstić information content (AvgIpc) is 3.60. The summed E-state index contributed by atoms with van der Waals surface area (Å²) in [5, 5.41) is 21.9. The normalized spacial score (nSPS) is 34.7. The van der Waals surface area contributed by atoms with Gasteiger partial charge in [0.2, 0.25) is 0 Å². The van der Waals surface area contributed by atoms with Crippen LogP contribution < -0.4 is 4.74 Å². The molecule has 35 heavy (non-hydrogen) atoms. The number of hydrogen-bond donors (Lipinski definition) is 2. The number of hydrogen-bond acceptors (Lipinski definition) is 6. The minimum atomic E-state index is -0.760. The fraction of sp³-hybridized carbons (Fsp3) is 0.552. The van der Waals surface area contributed by atoms with E-state index < -0.39 is 23.2 Å². The van der Waals surface area contributed by atoms with Gasteiger partial charge in [-0.2, -0.15) is 0 Å². The van der Waals surface area contributed by atoms with Crippen molar-refractivity contribution < 1.29 is 24.5 Å². The fourth-order valence-corrected chi connectivity index (χ4v) is 7.78. The summed E-state index contributed by atoms with van der Waals surface area (Å²) in [6.07, 6.45) is 5.03. The summed E-state index contributed by atoms with van der Waals surface area (Å²) in [4.78, 5) is 16.1. The van der Waals surface area contributed by atoms with Gasteiger partial charge in [0.15, 0.2) is 11.5 Å². The second kappa shape index (κ2) is 7.71. The molecule has 2 saturated carbocycles. The van der Waals surface area contributed by atoms with E-state index in [-0.39, 0.29) is 17.8 Å². The number of piperidine rings is 1. The van der Waals surface area contributed by atoms with Crippen molar-refractivity contribution in [3.8, 4) is 11.5 Å². The molecule has 2 N–H and O–H groups in total. The van der Waals surface area contributed by atoms with Gasteiger partial charge in [0, 0.05) is 18.5 Å². The Morgan fingerprint density at radius 2 is 1.94 bits per heavy atom. The molecule has 0 amide bonds. The number of carbonyl (C=O) groups is 1. The molecule has 6 heteroatoms. The first-order chi connectivity index (χ1) is 17.0. The Morgan fingerprint density at radius 3 is 2.74 bits per heavy atom. The molecule has 2 heterocycles. The molecule has 6 nitrogen and oxygen atoms in total. The third kappa shape index (κ3) is 3.05. The first kappa shape index (κ1) is 21.7. The van der Waals surface area contributed by atoms with Crippen LogP contribution in [0.4, 0.5) is 0 Å². The molecular weight excluding hydrogens is 442 g/mol. The molecule has 0 aromatic heterocycles. The summed E-state index contributed by atoms with van der Waals surface area (Å²) in [7, 11) is 0. The summed E-state index contributed by atoms with van der Waals surface area (Å²) in [5.41, 5.74) is 1.89. The molecule has 5 aliphatic rings. The van der Waals surface area contributed by atoms with E-state index in [4.69, 9.17) is 9.47 Å². The van der Waals surface area contributed by atoms with Crippen LogP contribution in [0.1, 0.15) is 55.2 Å². The Balaban J connectivity index is 1.31. The van der Waals surface area contributed by atoms with E-state index >= 15 is 0 Å². The Kier molecular flexibility index (Phi) is 4.78. The molecule has 7 rings (SSSR count). The number of nitrogens with zero attached hydrogens (tertiary/aromatic N) is 1. The van der Waals surface area contributed by atoms with Gasteiger partial charge in [-0.15, -0.1) is 0 Å². The highest BCUT2D eigenvalue weighted by atomic mass is 16.6. The van der Waals surface area contributed by atoms with Gasteiger partial charge in [0.05, 0.1) is 17.6 Å². The zero-order chi connectivity index (χ0) is 23.8. The molecule has 2 aliphatic heterocycles. The highest BCUT2D eigenvalue weighted by Gasteiger charge is 2.75. The standard InChI is InChI=1S/C29H33NO5/c31-21-10-9-20-16-23-29(35-24(33)11-8-18-4-2-1-3-5-18)13-12-22(32)27-28(29,25(20)26(21)34-27)14-15-30(23)17-19-6-7-19/h1-5,9-10,19,22-23,27,31-32H,6-8,11-17H2/t22-,23?,27+,28+,29-/m1/s1. The van der Waals surface area contributed by atoms with Crippen molar-refractivity contribution in [2.75, 3.05) is 13.1 Å². The molecule has 1 saturated heterocycles. The number of phenolic OH excluding ortho intramolecular Hbond substituents is 1. The predicted molar refractivity (Wildman–Crippen MR) is 129 cm³/mol. The molecular formula is C29H33NO5. The van der Waals surface area contributed by atoms with Gasteiger partial charge >= 0.3 is 5.97 Å². The smallest absolute Gasteiger partial charge is 0.306 e. The maximum absolute atomic E-state index is 13.5. The van der Waals surface area contributed by atoms with Gasteiger partial charge < -0.3 is 19.7 Å². The number of aliphatic hydroxyl groups excluding tert-OH is 1. The molecule has 2 bridgehead atoms. The number of aliphatic hydroxyl groups is 1. The van der Waals surface area contributed by atoms with Crippen molar-refractivity contribution in [3.63, 3.8) is 0 Å². The minimum absolute atomic E-state index is 0.0547. The van der Waals surface area contributed by atoms with E-state index in [1.54, 1.807) is 6.07 Å². The largest absolute Gasteiger partial charge is 0.504 e. The van der Waals surface area contributed by atoms with Crippen LogP contribution in [0.3, 0.4) is 0 Å². The third-order valence-electron chi connectivity index (χ3n) is 9.45. The number of aryl methyl sites for hydroxylation is 1. The van der Waals surface area contributed by atoms with Crippen molar-refractivity contribution in [1.82, 2.24) is 4.90 Å². The van der Waals surface area contributed by atoms with Crippen LogP contribution in [0.15, 0.2) is 42.5 Å². The van der Waals surface area contributed by atoms with Crippen LogP contribution in [-0.4, -0.2) is 58.0 Å². The Hall–Kier alpha value is -2.57. The van der Waals surface area contributed by atoms with Crippen LogP contribution in [-0.2, 0) is 27.8 Å². The summed E-state index contributed by atoms with van der Waals surface area (Å²) in [6, 6.07) is 13.8. The summed E-state index contributed by atoms with van der Waals surface area (Å²) in [6.45, 7) is 1.93. The average molecular weight is 476 g/mol. The molecule has 3 aliphatic carbocycles. The minimum Gasteiger partial charge on any atom is -0.504 e. The summed E-state index contributed by atoms with van der Waals surface area (Å²) in [5.74, 6) is 1.16. The number of ether oxygens (including phenoxy) is 2. The van der Waals surface area contributed by atoms with Gasteiger partial charge in [-0.1, -0.05) is 36.4 Å². The molecule has 3 fully saturated rings. The quantitative estimate of drug-likeness (QED) is 0.623. The lowest BCUT2D eigenvalue weighted by atomic mass is 9.48. The Labute approximate surface area is 205 Å². The highest BCUT2D eigenvalue weighted by molar-refractivity contribution is 5.72. The number of phenols is 1. The summed E-state index contributed by atoms with van der Waals surface area (Å²) < 4.78 is 13.1. The Bertz CT molecular complexity index is 1160. The monoisotopic (exact) mass is 475 g/mol. The third-order valence-corrected chi connectivity index (χ3v) is 9.45. The van der Waals surface area contributed by atoms with Gasteiger partial charge in [-0.3, -0.25) is 9.69 Å². The lowest BCUT2D eigenvalue weighted by Crippen LogP contribution is -2.78. The molecule has 184 valence electrons. The predicted octanol–water partition coefficient (Wildman–Crippen LogP) is 3.50. The van der Waals surface area contributed by atoms with E-state index in [0.717, 1.165) is 48.5 Å². The fourth-order valence-electron chi connectivity index (χ4n) is 7.78. The van der Waals surface area contributed by atoms with E-state index in [2.05, 4.69) is 4.90 Å². The van der Waals surface area contributed by atoms with Crippen LogP contribution in [0, 0.1) is 5.92 Å². The van der Waals surface area contributed by atoms with Crippen LogP contribution in [0.5, 0.6) is 11.5 Å². The maximum atomic E-state index is 13.5. The Morgan fingerprint density at radius 1 is 1.11 bits per heavy atom.